The standard InChI is InChI=1S/C20H14F3N3O/c21-20(22,23)16-10-11-19(17(13-16)25-26-24)27-18-9-5-4-8-15(18)12-14-6-2-1-3-7-14/h1-11,13H,12H2. The molecule has 0 aromatic heterocycles. The van der Waals surface area contributed by atoms with Crippen molar-refractivity contribution in [2.24, 2.45) is 5.11 Å². The maximum atomic E-state index is 12.9. The summed E-state index contributed by atoms with van der Waals surface area (Å²) < 4.78 is 44.5. The summed E-state index contributed by atoms with van der Waals surface area (Å²) in [4.78, 5) is 2.60. The predicted molar refractivity (Wildman–Crippen MR) is 96.0 cm³/mol. The van der Waals surface area contributed by atoms with Crippen LogP contribution in [0.2, 0.25) is 0 Å². The average Bonchev–Trinajstić information content (AvgIpc) is 2.65. The van der Waals surface area contributed by atoms with Crippen LogP contribution in [0.5, 0.6) is 11.5 Å². The van der Waals surface area contributed by atoms with Gasteiger partial charge in [0, 0.05) is 11.3 Å². The van der Waals surface area contributed by atoms with Crippen LogP contribution >= 0.6 is 0 Å². The molecule has 0 saturated carbocycles. The first-order valence-electron chi connectivity index (χ1n) is 8.03. The van der Waals surface area contributed by atoms with Crippen molar-refractivity contribution in [2.45, 2.75) is 12.6 Å². The predicted octanol–water partition coefficient (Wildman–Crippen LogP) is 7.03. The van der Waals surface area contributed by atoms with Gasteiger partial charge in [0.1, 0.15) is 11.5 Å². The second kappa shape index (κ2) is 7.85. The fourth-order valence-electron chi connectivity index (χ4n) is 2.59. The van der Waals surface area contributed by atoms with Gasteiger partial charge in [0.2, 0.25) is 0 Å². The maximum Gasteiger partial charge on any atom is 0.416 e. The van der Waals surface area contributed by atoms with Gasteiger partial charge in [-0.3, -0.25) is 0 Å². The van der Waals surface area contributed by atoms with E-state index in [-0.39, 0.29) is 11.4 Å². The van der Waals surface area contributed by atoms with E-state index in [9.17, 15) is 13.2 Å². The molecule has 0 saturated heterocycles. The van der Waals surface area contributed by atoms with Gasteiger partial charge >= 0.3 is 6.18 Å². The summed E-state index contributed by atoms with van der Waals surface area (Å²) in [7, 11) is 0. The Hall–Kier alpha value is -3.44. The van der Waals surface area contributed by atoms with Gasteiger partial charge in [0.15, 0.2) is 0 Å². The number of para-hydroxylation sites is 1. The van der Waals surface area contributed by atoms with E-state index in [1.54, 1.807) is 12.1 Å². The third-order valence-corrected chi connectivity index (χ3v) is 3.87. The summed E-state index contributed by atoms with van der Waals surface area (Å²) in [6.45, 7) is 0. The molecule has 0 spiro atoms. The van der Waals surface area contributed by atoms with Gasteiger partial charge in [-0.1, -0.05) is 53.6 Å². The second-order valence-electron chi connectivity index (χ2n) is 5.74. The first kappa shape index (κ1) is 18.4. The molecule has 0 N–H and O–H groups in total. The first-order chi connectivity index (χ1) is 13.0. The summed E-state index contributed by atoms with van der Waals surface area (Å²) in [5.41, 5.74) is 9.47. The smallest absolute Gasteiger partial charge is 0.416 e. The van der Waals surface area contributed by atoms with Crippen molar-refractivity contribution < 1.29 is 17.9 Å². The molecule has 0 fully saturated rings. The van der Waals surface area contributed by atoms with Crippen molar-refractivity contribution in [2.75, 3.05) is 0 Å². The van der Waals surface area contributed by atoms with Gasteiger partial charge in [-0.25, -0.2) is 0 Å². The lowest BCUT2D eigenvalue weighted by Gasteiger charge is -2.14. The highest BCUT2D eigenvalue weighted by Gasteiger charge is 2.31. The van der Waals surface area contributed by atoms with Crippen LogP contribution in [0.3, 0.4) is 0 Å². The third kappa shape index (κ3) is 4.59. The number of rotatable bonds is 5. The summed E-state index contributed by atoms with van der Waals surface area (Å²) >= 11 is 0. The molecule has 0 radical (unpaired) electrons. The topological polar surface area (TPSA) is 58.0 Å². The van der Waals surface area contributed by atoms with Crippen LogP contribution in [0.25, 0.3) is 10.4 Å². The minimum atomic E-state index is -4.54. The summed E-state index contributed by atoms with van der Waals surface area (Å²) in [5, 5.41) is 3.35. The van der Waals surface area contributed by atoms with Crippen molar-refractivity contribution >= 4 is 5.69 Å². The fourth-order valence-corrected chi connectivity index (χ4v) is 2.59. The van der Waals surface area contributed by atoms with Crippen molar-refractivity contribution in [3.63, 3.8) is 0 Å². The van der Waals surface area contributed by atoms with Crippen LogP contribution < -0.4 is 4.74 Å². The van der Waals surface area contributed by atoms with Crippen molar-refractivity contribution in [3.05, 3.63) is 99.9 Å². The molecular weight excluding hydrogens is 355 g/mol. The molecule has 136 valence electrons. The van der Waals surface area contributed by atoms with Crippen LogP contribution in [0.4, 0.5) is 18.9 Å². The Morgan fingerprint density at radius 2 is 1.59 bits per heavy atom. The molecule has 3 aromatic rings. The highest BCUT2D eigenvalue weighted by Crippen LogP contribution is 2.39. The maximum absolute atomic E-state index is 12.9. The summed E-state index contributed by atoms with van der Waals surface area (Å²) in [5.74, 6) is 0.539. The SMILES string of the molecule is [N-]=[N+]=Nc1cc(C(F)(F)F)ccc1Oc1ccccc1Cc1ccccc1. The molecule has 3 aromatic carbocycles. The summed E-state index contributed by atoms with van der Waals surface area (Å²) in [6, 6.07) is 19.7. The molecule has 0 bridgehead atoms. The Kier molecular flexibility index (Phi) is 5.33. The Morgan fingerprint density at radius 1 is 0.889 bits per heavy atom. The van der Waals surface area contributed by atoms with E-state index >= 15 is 0 Å². The third-order valence-electron chi connectivity index (χ3n) is 3.87. The number of nitrogens with zero attached hydrogens (tertiary/aromatic N) is 3. The highest BCUT2D eigenvalue weighted by atomic mass is 19.4. The molecule has 0 aliphatic carbocycles. The van der Waals surface area contributed by atoms with Crippen LogP contribution in [-0.2, 0) is 12.6 Å². The minimum absolute atomic E-state index is 0.0568. The van der Waals surface area contributed by atoms with Gasteiger partial charge in [-0.15, -0.1) is 0 Å². The summed E-state index contributed by atoms with van der Waals surface area (Å²) in [6.07, 6.45) is -3.95. The average molecular weight is 369 g/mol. The fraction of sp³-hybridized carbons (Fsp3) is 0.100. The molecular formula is C20H14F3N3O. The number of ether oxygens (including phenoxy) is 1. The number of hydrogen-bond acceptors (Lipinski definition) is 2. The molecule has 3 rings (SSSR count). The van der Waals surface area contributed by atoms with Crippen LogP contribution in [0.1, 0.15) is 16.7 Å². The van der Waals surface area contributed by atoms with Gasteiger partial charge in [0.25, 0.3) is 0 Å². The zero-order chi connectivity index (χ0) is 19.3. The zero-order valence-electron chi connectivity index (χ0n) is 14.0. The molecule has 0 atom stereocenters. The van der Waals surface area contributed by atoms with E-state index in [4.69, 9.17) is 10.3 Å². The first-order valence-corrected chi connectivity index (χ1v) is 8.03. The zero-order valence-corrected chi connectivity index (χ0v) is 14.0. The molecule has 0 unspecified atom stereocenters. The van der Waals surface area contributed by atoms with E-state index in [0.717, 1.165) is 29.3 Å². The Morgan fingerprint density at radius 3 is 2.30 bits per heavy atom. The lowest BCUT2D eigenvalue weighted by atomic mass is 10.0. The molecule has 0 heterocycles. The minimum Gasteiger partial charge on any atom is -0.457 e. The van der Waals surface area contributed by atoms with Crippen molar-refractivity contribution in [3.8, 4) is 11.5 Å². The van der Waals surface area contributed by atoms with E-state index in [1.165, 1.54) is 0 Å². The number of halogens is 3. The highest BCUT2D eigenvalue weighted by molar-refractivity contribution is 5.56. The Labute approximate surface area is 153 Å². The largest absolute Gasteiger partial charge is 0.457 e. The van der Waals surface area contributed by atoms with E-state index in [2.05, 4.69) is 10.0 Å². The molecule has 4 nitrogen and oxygen atoms in total. The van der Waals surface area contributed by atoms with Crippen molar-refractivity contribution in [1.82, 2.24) is 0 Å². The second-order valence-corrected chi connectivity index (χ2v) is 5.74. The van der Waals surface area contributed by atoms with Crippen LogP contribution in [-0.4, -0.2) is 0 Å². The van der Waals surface area contributed by atoms with Gasteiger partial charge in [-0.2, -0.15) is 13.2 Å². The molecule has 0 aliphatic rings. The van der Waals surface area contributed by atoms with Gasteiger partial charge in [-0.05, 0) is 40.9 Å². The normalized spacial score (nSPS) is 10.9. The van der Waals surface area contributed by atoms with E-state index in [1.807, 2.05) is 42.5 Å². The Balaban J connectivity index is 1.95. The monoisotopic (exact) mass is 369 g/mol. The van der Waals surface area contributed by atoms with Gasteiger partial charge in [0.05, 0.1) is 11.3 Å². The van der Waals surface area contributed by atoms with Crippen LogP contribution in [0, 0.1) is 0 Å². The number of alkyl halides is 3. The quantitative estimate of drug-likeness (QED) is 0.270. The van der Waals surface area contributed by atoms with Crippen molar-refractivity contribution in [1.29, 1.82) is 0 Å². The molecule has 27 heavy (non-hydrogen) atoms. The number of benzene rings is 3. The van der Waals surface area contributed by atoms with E-state index in [0.29, 0.717) is 12.2 Å². The van der Waals surface area contributed by atoms with Gasteiger partial charge < -0.3 is 4.74 Å². The molecule has 0 aliphatic heterocycles. The van der Waals surface area contributed by atoms with Crippen LogP contribution in [0.15, 0.2) is 77.9 Å². The molecule has 0 amide bonds. The van der Waals surface area contributed by atoms with E-state index < -0.39 is 11.7 Å². The lowest BCUT2D eigenvalue weighted by Crippen LogP contribution is -2.04. The Bertz CT molecular complexity index is 981. The number of azide groups is 1. The lowest BCUT2D eigenvalue weighted by molar-refractivity contribution is -0.137. The number of hydrogen-bond donors (Lipinski definition) is 0. The molecule has 7 heteroatoms.